The third-order valence-corrected chi connectivity index (χ3v) is 2.90. The average molecular weight is 288 g/mol. The van der Waals surface area contributed by atoms with Crippen molar-refractivity contribution >= 4 is 17.5 Å². The van der Waals surface area contributed by atoms with Gasteiger partial charge in [0.25, 0.3) is 5.91 Å². The molecule has 112 valence electrons. The van der Waals surface area contributed by atoms with E-state index in [9.17, 15) is 9.59 Å². The molecule has 0 aliphatic carbocycles. The van der Waals surface area contributed by atoms with Crippen molar-refractivity contribution < 1.29 is 9.59 Å². The fourth-order valence-corrected chi connectivity index (χ4v) is 2.12. The first kappa shape index (κ1) is 15.0. The normalized spacial score (nSPS) is 10.9. The summed E-state index contributed by atoms with van der Waals surface area (Å²) < 4.78 is 1.71. The van der Waals surface area contributed by atoms with Crippen LogP contribution in [0.5, 0.6) is 0 Å². The molecule has 6 heteroatoms. The molecule has 2 heterocycles. The lowest BCUT2D eigenvalue weighted by atomic mass is 10.3. The molecule has 6 nitrogen and oxygen atoms in total. The maximum Gasteiger partial charge on any atom is 0.268 e. The molecular formula is C15H20N4O2. The van der Waals surface area contributed by atoms with Crippen LogP contribution in [0.25, 0.3) is 5.65 Å². The molecule has 21 heavy (non-hydrogen) atoms. The molecule has 0 saturated heterocycles. The number of fused-ring (bicyclic) bond motifs is 1. The molecule has 0 fully saturated rings. The van der Waals surface area contributed by atoms with Crippen molar-refractivity contribution in [3.63, 3.8) is 0 Å². The number of nitrogens with zero attached hydrogens (tertiary/aromatic N) is 2. The first-order chi connectivity index (χ1) is 10.0. The van der Waals surface area contributed by atoms with Crippen molar-refractivity contribution in [1.29, 1.82) is 0 Å². The van der Waals surface area contributed by atoms with Crippen molar-refractivity contribution in [2.45, 2.75) is 33.2 Å². The predicted molar refractivity (Wildman–Crippen MR) is 80.2 cm³/mol. The minimum Gasteiger partial charge on any atom is -0.354 e. The van der Waals surface area contributed by atoms with Crippen LogP contribution in [-0.4, -0.2) is 33.8 Å². The van der Waals surface area contributed by atoms with E-state index < -0.39 is 0 Å². The average Bonchev–Trinajstić information content (AvgIpc) is 2.79. The van der Waals surface area contributed by atoms with Gasteiger partial charge in [-0.15, -0.1) is 0 Å². The summed E-state index contributed by atoms with van der Waals surface area (Å²) in [6.07, 6.45) is 1.94. The molecule has 2 aromatic rings. The van der Waals surface area contributed by atoms with E-state index >= 15 is 0 Å². The van der Waals surface area contributed by atoms with Crippen LogP contribution in [0.4, 0.5) is 0 Å². The summed E-state index contributed by atoms with van der Waals surface area (Å²) in [6, 6.07) is 5.43. The molecule has 0 aliphatic heterocycles. The van der Waals surface area contributed by atoms with Crippen molar-refractivity contribution in [3.8, 4) is 0 Å². The minimum atomic E-state index is -0.154. The van der Waals surface area contributed by atoms with Crippen LogP contribution in [0.3, 0.4) is 0 Å². The topological polar surface area (TPSA) is 75.5 Å². The highest BCUT2D eigenvalue weighted by molar-refractivity contribution is 5.93. The number of rotatable bonds is 5. The first-order valence-corrected chi connectivity index (χ1v) is 7.05. The molecule has 0 radical (unpaired) electrons. The summed E-state index contributed by atoms with van der Waals surface area (Å²) in [5.41, 5.74) is 1.81. The second-order valence-electron chi connectivity index (χ2n) is 5.13. The van der Waals surface area contributed by atoms with E-state index in [1.165, 1.54) is 0 Å². The Kier molecular flexibility index (Phi) is 4.57. The zero-order valence-corrected chi connectivity index (χ0v) is 12.5. The quantitative estimate of drug-likeness (QED) is 0.866. The van der Waals surface area contributed by atoms with Gasteiger partial charge < -0.3 is 10.6 Å². The zero-order chi connectivity index (χ0) is 15.4. The first-order valence-electron chi connectivity index (χ1n) is 7.05. The van der Waals surface area contributed by atoms with E-state index in [-0.39, 0.29) is 24.3 Å². The fourth-order valence-electron chi connectivity index (χ4n) is 2.12. The Morgan fingerprint density at radius 1 is 1.33 bits per heavy atom. The van der Waals surface area contributed by atoms with Crippen LogP contribution in [-0.2, 0) is 11.2 Å². The minimum absolute atomic E-state index is 0.0760. The van der Waals surface area contributed by atoms with Crippen LogP contribution in [0.15, 0.2) is 24.4 Å². The highest BCUT2D eigenvalue weighted by Gasteiger charge is 2.13. The molecule has 0 aliphatic rings. The number of amides is 2. The third-order valence-electron chi connectivity index (χ3n) is 2.90. The molecule has 2 amide bonds. The van der Waals surface area contributed by atoms with Crippen LogP contribution in [0.2, 0.25) is 0 Å². The van der Waals surface area contributed by atoms with Crippen LogP contribution in [0.1, 0.15) is 37.0 Å². The molecule has 0 spiro atoms. The van der Waals surface area contributed by atoms with E-state index in [0.717, 1.165) is 0 Å². The summed E-state index contributed by atoms with van der Waals surface area (Å²) >= 11 is 0. The number of pyridine rings is 1. The van der Waals surface area contributed by atoms with Crippen molar-refractivity contribution in [2.24, 2.45) is 0 Å². The lowest BCUT2D eigenvalue weighted by Gasteiger charge is -2.06. The van der Waals surface area contributed by atoms with Gasteiger partial charge in [0, 0.05) is 18.8 Å². The Morgan fingerprint density at radius 2 is 2.10 bits per heavy atom. The van der Waals surface area contributed by atoms with Gasteiger partial charge in [-0.2, -0.15) is 0 Å². The number of aromatic nitrogens is 2. The lowest BCUT2D eigenvalue weighted by molar-refractivity contribution is -0.120. The van der Waals surface area contributed by atoms with E-state index in [1.54, 1.807) is 22.7 Å². The monoisotopic (exact) mass is 288 g/mol. The summed E-state index contributed by atoms with van der Waals surface area (Å²) in [5, 5.41) is 5.59. The Hall–Kier alpha value is -2.37. The number of hydrogen-bond acceptors (Lipinski definition) is 3. The van der Waals surface area contributed by atoms with Gasteiger partial charge in [0.15, 0.2) is 0 Å². The van der Waals surface area contributed by atoms with Crippen molar-refractivity contribution in [3.05, 3.63) is 35.8 Å². The maximum absolute atomic E-state index is 12.0. The number of imidazole rings is 1. The lowest BCUT2D eigenvalue weighted by Crippen LogP contribution is -2.31. The van der Waals surface area contributed by atoms with E-state index in [4.69, 9.17) is 0 Å². The molecule has 0 unspecified atom stereocenters. The Labute approximate surface area is 123 Å². The Bertz CT molecular complexity index is 661. The van der Waals surface area contributed by atoms with Crippen LogP contribution >= 0.6 is 0 Å². The van der Waals surface area contributed by atoms with Crippen molar-refractivity contribution in [1.82, 2.24) is 20.0 Å². The number of nitrogens with one attached hydrogen (secondary N) is 2. The summed E-state index contributed by atoms with van der Waals surface area (Å²) in [7, 11) is 0. The number of carbonyl (C=O) groups is 2. The van der Waals surface area contributed by atoms with Crippen molar-refractivity contribution in [2.75, 3.05) is 6.54 Å². The van der Waals surface area contributed by atoms with Gasteiger partial charge in [-0.25, -0.2) is 4.98 Å². The molecule has 0 bridgehead atoms. The molecule has 0 saturated carbocycles. The molecule has 2 rings (SSSR count). The SMILES string of the molecule is CCNC(=O)c1cccc2nc(CC(=O)NC(C)C)cn12. The smallest absolute Gasteiger partial charge is 0.268 e. The zero-order valence-electron chi connectivity index (χ0n) is 12.5. The van der Waals surface area contributed by atoms with Gasteiger partial charge in [-0.05, 0) is 32.9 Å². The second kappa shape index (κ2) is 6.39. The van der Waals surface area contributed by atoms with Gasteiger partial charge in [-0.3, -0.25) is 14.0 Å². The molecule has 2 aromatic heterocycles. The van der Waals surface area contributed by atoms with Crippen LogP contribution in [0, 0.1) is 0 Å². The summed E-state index contributed by atoms with van der Waals surface area (Å²) in [5.74, 6) is -0.230. The predicted octanol–water partition coefficient (Wildman–Crippen LogP) is 1.15. The van der Waals surface area contributed by atoms with Gasteiger partial charge in [-0.1, -0.05) is 6.07 Å². The van der Waals surface area contributed by atoms with Gasteiger partial charge >= 0.3 is 0 Å². The number of carbonyl (C=O) groups excluding carboxylic acids is 2. The molecule has 0 aromatic carbocycles. The number of hydrogen-bond donors (Lipinski definition) is 2. The van der Waals surface area contributed by atoms with Gasteiger partial charge in [0.2, 0.25) is 5.91 Å². The summed E-state index contributed by atoms with van der Waals surface area (Å²) in [6.45, 7) is 6.25. The highest BCUT2D eigenvalue weighted by atomic mass is 16.2. The Morgan fingerprint density at radius 3 is 2.76 bits per heavy atom. The van der Waals surface area contributed by atoms with Gasteiger partial charge in [0.05, 0.1) is 12.1 Å². The largest absolute Gasteiger partial charge is 0.354 e. The van der Waals surface area contributed by atoms with E-state index in [0.29, 0.717) is 23.6 Å². The molecule has 0 atom stereocenters. The highest BCUT2D eigenvalue weighted by Crippen LogP contribution is 2.10. The molecular weight excluding hydrogens is 268 g/mol. The summed E-state index contributed by atoms with van der Waals surface area (Å²) in [4.78, 5) is 28.2. The maximum atomic E-state index is 12.0. The second-order valence-corrected chi connectivity index (χ2v) is 5.13. The fraction of sp³-hybridized carbons (Fsp3) is 0.400. The van der Waals surface area contributed by atoms with E-state index in [1.807, 2.05) is 26.8 Å². The standard InChI is InChI=1S/C15H20N4O2/c1-4-16-15(21)12-6-5-7-13-18-11(9-19(12)13)8-14(20)17-10(2)3/h5-7,9-10H,4,8H2,1-3H3,(H,16,21)(H,17,20). The molecule has 2 N–H and O–H groups in total. The Balaban J connectivity index is 2.27. The third kappa shape index (κ3) is 3.59. The van der Waals surface area contributed by atoms with Gasteiger partial charge in [0.1, 0.15) is 11.3 Å². The van der Waals surface area contributed by atoms with E-state index in [2.05, 4.69) is 15.6 Å². The van der Waals surface area contributed by atoms with Crippen LogP contribution < -0.4 is 10.6 Å².